The Morgan fingerprint density at radius 3 is 2.12 bits per heavy atom. The number of esters is 1. The normalized spacial score (nSPS) is 11.9. The van der Waals surface area contributed by atoms with Crippen LogP contribution in [-0.2, 0) is 4.74 Å². The highest BCUT2D eigenvalue weighted by atomic mass is 16.5. The lowest BCUT2D eigenvalue weighted by molar-refractivity contribution is 0.0599. The zero-order valence-corrected chi connectivity index (χ0v) is 14.4. The Bertz CT molecular complexity index is 706. The van der Waals surface area contributed by atoms with Crippen LogP contribution in [0, 0.1) is 0 Å². The first-order valence-electron chi connectivity index (χ1n) is 7.87. The molecule has 1 heterocycles. The summed E-state index contributed by atoms with van der Waals surface area (Å²) in [5.41, 5.74) is 2.86. The van der Waals surface area contributed by atoms with Crippen molar-refractivity contribution in [1.29, 1.82) is 0 Å². The van der Waals surface area contributed by atoms with Crippen LogP contribution in [0.15, 0.2) is 42.6 Å². The smallest absolute Gasteiger partial charge is 0.339 e. The predicted octanol–water partition coefficient (Wildman–Crippen LogP) is 3.48. The number of pyridine rings is 1. The lowest BCUT2D eigenvalue weighted by atomic mass is 9.99. The van der Waals surface area contributed by atoms with Gasteiger partial charge in [0, 0.05) is 6.20 Å². The summed E-state index contributed by atoms with van der Waals surface area (Å²) in [6, 6.07) is 11.1. The summed E-state index contributed by atoms with van der Waals surface area (Å²) in [6.07, 6.45) is 1.34. The van der Waals surface area contributed by atoms with Crippen molar-refractivity contribution in [2.75, 3.05) is 7.11 Å². The SMILES string of the molecule is COC(=O)c1ccc(C(=O)N[C@@H](C)c2ccc(C(C)C)cc2)nc1. The highest BCUT2D eigenvalue weighted by Crippen LogP contribution is 2.18. The van der Waals surface area contributed by atoms with Crippen molar-refractivity contribution in [1.82, 2.24) is 10.3 Å². The van der Waals surface area contributed by atoms with Gasteiger partial charge in [-0.05, 0) is 36.1 Å². The summed E-state index contributed by atoms with van der Waals surface area (Å²) in [6.45, 7) is 6.21. The maximum Gasteiger partial charge on any atom is 0.339 e. The number of nitrogens with zero attached hydrogens (tertiary/aromatic N) is 1. The van der Waals surface area contributed by atoms with Crippen LogP contribution in [0.2, 0.25) is 0 Å². The average Bonchev–Trinajstić information content (AvgIpc) is 2.61. The first-order chi connectivity index (χ1) is 11.4. The molecule has 5 heteroatoms. The fourth-order valence-electron chi connectivity index (χ4n) is 2.29. The minimum atomic E-state index is -0.479. The number of nitrogens with one attached hydrogen (secondary N) is 1. The summed E-state index contributed by atoms with van der Waals surface area (Å²) in [5.74, 6) is -0.290. The van der Waals surface area contributed by atoms with Gasteiger partial charge in [0.15, 0.2) is 0 Å². The van der Waals surface area contributed by atoms with E-state index < -0.39 is 5.97 Å². The van der Waals surface area contributed by atoms with Crippen LogP contribution in [0.3, 0.4) is 0 Å². The first-order valence-corrected chi connectivity index (χ1v) is 7.87. The van der Waals surface area contributed by atoms with Crippen molar-refractivity contribution in [2.45, 2.75) is 32.7 Å². The molecule has 5 nitrogen and oxygen atoms in total. The number of amides is 1. The molecule has 1 amide bonds. The third-order valence-corrected chi connectivity index (χ3v) is 3.87. The third kappa shape index (κ3) is 4.19. The molecule has 1 aromatic carbocycles. The van der Waals surface area contributed by atoms with Crippen LogP contribution >= 0.6 is 0 Å². The molecule has 0 radical (unpaired) electrons. The Morgan fingerprint density at radius 2 is 1.62 bits per heavy atom. The molecular weight excluding hydrogens is 304 g/mol. The number of rotatable bonds is 5. The van der Waals surface area contributed by atoms with Gasteiger partial charge < -0.3 is 10.1 Å². The van der Waals surface area contributed by atoms with Gasteiger partial charge in [-0.25, -0.2) is 4.79 Å². The zero-order chi connectivity index (χ0) is 17.7. The van der Waals surface area contributed by atoms with E-state index in [-0.39, 0.29) is 17.6 Å². The molecular formula is C19H22N2O3. The van der Waals surface area contributed by atoms with Crippen molar-refractivity contribution >= 4 is 11.9 Å². The molecule has 2 aromatic rings. The van der Waals surface area contributed by atoms with E-state index in [0.29, 0.717) is 11.5 Å². The molecule has 0 aliphatic carbocycles. The van der Waals surface area contributed by atoms with Crippen LogP contribution in [0.5, 0.6) is 0 Å². The van der Waals surface area contributed by atoms with E-state index in [9.17, 15) is 9.59 Å². The lowest BCUT2D eigenvalue weighted by Gasteiger charge is -2.15. The Kier molecular flexibility index (Phi) is 5.68. The molecule has 0 aliphatic heterocycles. The Labute approximate surface area is 142 Å². The molecule has 1 aromatic heterocycles. The van der Waals surface area contributed by atoms with E-state index in [1.54, 1.807) is 0 Å². The second-order valence-electron chi connectivity index (χ2n) is 5.94. The average molecular weight is 326 g/mol. The molecule has 24 heavy (non-hydrogen) atoms. The van der Waals surface area contributed by atoms with Gasteiger partial charge in [-0.15, -0.1) is 0 Å². The van der Waals surface area contributed by atoms with Gasteiger partial charge in [-0.3, -0.25) is 9.78 Å². The van der Waals surface area contributed by atoms with Crippen LogP contribution in [0.25, 0.3) is 0 Å². The summed E-state index contributed by atoms with van der Waals surface area (Å²) in [4.78, 5) is 27.7. The first kappa shape index (κ1) is 17.7. The molecule has 2 rings (SSSR count). The number of benzene rings is 1. The van der Waals surface area contributed by atoms with Gasteiger partial charge in [-0.1, -0.05) is 38.1 Å². The quantitative estimate of drug-likeness (QED) is 0.854. The van der Waals surface area contributed by atoms with E-state index in [1.165, 1.54) is 31.0 Å². The summed E-state index contributed by atoms with van der Waals surface area (Å²) < 4.78 is 4.61. The molecule has 0 unspecified atom stereocenters. The number of ether oxygens (including phenoxy) is 1. The van der Waals surface area contributed by atoms with Crippen molar-refractivity contribution in [3.8, 4) is 0 Å². The number of carbonyl (C=O) groups is 2. The lowest BCUT2D eigenvalue weighted by Crippen LogP contribution is -2.27. The maximum atomic E-state index is 12.3. The molecule has 0 aliphatic rings. The summed E-state index contributed by atoms with van der Waals surface area (Å²) in [7, 11) is 1.30. The van der Waals surface area contributed by atoms with Gasteiger partial charge in [-0.2, -0.15) is 0 Å². The molecule has 0 fully saturated rings. The van der Waals surface area contributed by atoms with Crippen LogP contribution in [0.4, 0.5) is 0 Å². The standard InChI is InChI=1S/C19H22N2O3/c1-12(2)14-5-7-15(8-6-14)13(3)21-18(22)17-10-9-16(11-20-17)19(23)24-4/h5-13H,1-4H3,(H,21,22)/t13-/m0/s1. The van der Waals surface area contributed by atoms with Gasteiger partial charge in [0.05, 0.1) is 18.7 Å². The van der Waals surface area contributed by atoms with Crippen molar-refractivity contribution < 1.29 is 14.3 Å². The summed E-state index contributed by atoms with van der Waals surface area (Å²) >= 11 is 0. The predicted molar refractivity (Wildman–Crippen MR) is 92.0 cm³/mol. The monoisotopic (exact) mass is 326 g/mol. The van der Waals surface area contributed by atoms with Gasteiger partial charge in [0.2, 0.25) is 0 Å². The number of aromatic nitrogens is 1. The van der Waals surface area contributed by atoms with Crippen molar-refractivity contribution in [3.63, 3.8) is 0 Å². The highest BCUT2D eigenvalue weighted by molar-refractivity contribution is 5.94. The second kappa shape index (κ2) is 7.73. The molecule has 0 saturated heterocycles. The Hall–Kier alpha value is -2.69. The Balaban J connectivity index is 2.04. The third-order valence-electron chi connectivity index (χ3n) is 3.87. The molecule has 1 N–H and O–H groups in total. The summed E-state index contributed by atoms with van der Waals surface area (Å²) in [5, 5.41) is 2.91. The molecule has 1 atom stereocenters. The fraction of sp³-hybridized carbons (Fsp3) is 0.316. The van der Waals surface area contributed by atoms with E-state index in [1.807, 2.05) is 19.1 Å². The van der Waals surface area contributed by atoms with E-state index >= 15 is 0 Å². The number of methoxy groups -OCH3 is 1. The van der Waals surface area contributed by atoms with Crippen molar-refractivity contribution in [3.05, 3.63) is 65.0 Å². The van der Waals surface area contributed by atoms with Crippen LogP contribution in [0.1, 0.15) is 64.7 Å². The van der Waals surface area contributed by atoms with Gasteiger partial charge in [0.1, 0.15) is 5.69 Å². The zero-order valence-electron chi connectivity index (χ0n) is 14.4. The minimum Gasteiger partial charge on any atom is -0.465 e. The largest absolute Gasteiger partial charge is 0.465 e. The van der Waals surface area contributed by atoms with Gasteiger partial charge in [0.25, 0.3) is 5.91 Å². The Morgan fingerprint density at radius 1 is 1.00 bits per heavy atom. The molecule has 0 spiro atoms. The maximum absolute atomic E-state index is 12.3. The van der Waals surface area contributed by atoms with Crippen molar-refractivity contribution in [2.24, 2.45) is 0 Å². The van der Waals surface area contributed by atoms with Crippen LogP contribution in [-0.4, -0.2) is 24.0 Å². The molecule has 0 saturated carbocycles. The number of carbonyl (C=O) groups excluding carboxylic acids is 2. The highest BCUT2D eigenvalue weighted by Gasteiger charge is 2.14. The van der Waals surface area contributed by atoms with E-state index in [4.69, 9.17) is 0 Å². The molecule has 0 bridgehead atoms. The fourth-order valence-corrected chi connectivity index (χ4v) is 2.29. The number of hydrogen-bond donors (Lipinski definition) is 1. The number of hydrogen-bond acceptors (Lipinski definition) is 4. The minimum absolute atomic E-state index is 0.138. The van der Waals surface area contributed by atoms with Crippen LogP contribution < -0.4 is 5.32 Å². The van der Waals surface area contributed by atoms with E-state index in [0.717, 1.165) is 5.56 Å². The van der Waals surface area contributed by atoms with E-state index in [2.05, 4.69) is 41.0 Å². The molecule has 126 valence electrons. The van der Waals surface area contributed by atoms with Gasteiger partial charge >= 0.3 is 5.97 Å². The second-order valence-corrected chi connectivity index (χ2v) is 5.94. The topological polar surface area (TPSA) is 68.3 Å².